The number of carboxylic acid groups (broad SMARTS) is 1. The van der Waals surface area contributed by atoms with E-state index >= 15 is 0 Å². The van der Waals surface area contributed by atoms with Gasteiger partial charge in [0.15, 0.2) is 11.5 Å². The highest BCUT2D eigenvalue weighted by Gasteiger charge is 2.14. The maximum absolute atomic E-state index is 11.4. The summed E-state index contributed by atoms with van der Waals surface area (Å²) in [6.07, 6.45) is 0. The molecule has 0 spiro atoms. The van der Waals surface area contributed by atoms with E-state index < -0.39 is 5.97 Å². The van der Waals surface area contributed by atoms with Gasteiger partial charge in [0.1, 0.15) is 6.61 Å². The van der Waals surface area contributed by atoms with E-state index in [1.54, 1.807) is 19.1 Å². The van der Waals surface area contributed by atoms with Crippen molar-refractivity contribution in [1.82, 2.24) is 0 Å². The molecule has 0 amide bonds. The monoisotopic (exact) mass is 503 g/mol. The largest absolute Gasteiger partial charge is 0.490 e. The molecule has 7 heteroatoms. The minimum Gasteiger partial charge on any atom is -0.490 e. The van der Waals surface area contributed by atoms with E-state index in [0.717, 1.165) is 21.3 Å². The molecule has 0 heterocycles. The Morgan fingerprint density at radius 1 is 1.10 bits per heavy atom. The molecule has 0 unspecified atom stereocenters. The number of anilines is 1. The zero-order chi connectivity index (χ0) is 22.4. The fourth-order valence-electron chi connectivity index (χ4n) is 3.12. The third-order valence-corrected chi connectivity index (χ3v) is 5.55. The molecule has 162 valence electrons. The molecule has 0 fully saturated rings. The summed E-state index contributed by atoms with van der Waals surface area (Å²) in [4.78, 5) is 11.4. The quantitative estimate of drug-likeness (QED) is 0.339. The number of halogens is 2. The van der Waals surface area contributed by atoms with Crippen LogP contribution in [0.4, 0.5) is 5.69 Å². The van der Waals surface area contributed by atoms with Crippen LogP contribution in [0, 0.1) is 6.92 Å². The van der Waals surface area contributed by atoms with Gasteiger partial charge in [-0.3, -0.25) is 0 Å². The molecular formula is C24H23BrClNO4. The van der Waals surface area contributed by atoms with Crippen molar-refractivity contribution in [3.63, 3.8) is 0 Å². The molecule has 31 heavy (non-hydrogen) atoms. The van der Waals surface area contributed by atoms with Gasteiger partial charge in [-0.25, -0.2) is 4.79 Å². The predicted octanol–water partition coefficient (Wildman–Crippen LogP) is 6.70. The van der Waals surface area contributed by atoms with Crippen LogP contribution in [0.2, 0.25) is 5.02 Å². The minimum absolute atomic E-state index is 0.284. The fourth-order valence-corrected chi connectivity index (χ4v) is 3.85. The second kappa shape index (κ2) is 10.6. The zero-order valence-corrected chi connectivity index (χ0v) is 19.6. The molecule has 3 rings (SSSR count). The Morgan fingerprint density at radius 3 is 2.52 bits per heavy atom. The Hall–Kier alpha value is -2.70. The summed E-state index contributed by atoms with van der Waals surface area (Å²) in [6.45, 7) is 5.10. The first kappa shape index (κ1) is 23.0. The third kappa shape index (κ3) is 5.93. The van der Waals surface area contributed by atoms with Gasteiger partial charge in [-0.15, -0.1) is 0 Å². The maximum atomic E-state index is 11.4. The van der Waals surface area contributed by atoms with Gasteiger partial charge in [0, 0.05) is 17.3 Å². The number of rotatable bonds is 9. The van der Waals surface area contributed by atoms with Gasteiger partial charge in [-0.1, -0.05) is 29.8 Å². The molecule has 0 aromatic heterocycles. The SMILES string of the molecule is CCOc1cc(CNc2cccc(C(=O)O)c2C)cc(Br)c1OCc1ccc(Cl)cc1. The van der Waals surface area contributed by atoms with Crippen molar-refractivity contribution < 1.29 is 19.4 Å². The Balaban J connectivity index is 1.77. The van der Waals surface area contributed by atoms with Gasteiger partial charge in [0.2, 0.25) is 0 Å². The number of carboxylic acids is 1. The Bertz CT molecular complexity index is 1070. The fraction of sp³-hybridized carbons (Fsp3) is 0.208. The summed E-state index contributed by atoms with van der Waals surface area (Å²) in [5, 5.41) is 13.3. The first-order valence-corrected chi connectivity index (χ1v) is 11.0. The summed E-state index contributed by atoms with van der Waals surface area (Å²) in [7, 11) is 0. The first-order chi connectivity index (χ1) is 14.9. The maximum Gasteiger partial charge on any atom is 0.336 e. The molecule has 3 aromatic rings. The number of nitrogens with one attached hydrogen (secondary N) is 1. The molecule has 0 radical (unpaired) electrons. The number of hydrogen-bond donors (Lipinski definition) is 2. The molecule has 0 aliphatic rings. The number of hydrogen-bond acceptors (Lipinski definition) is 4. The first-order valence-electron chi connectivity index (χ1n) is 9.78. The lowest BCUT2D eigenvalue weighted by molar-refractivity contribution is 0.0696. The van der Waals surface area contributed by atoms with Crippen molar-refractivity contribution in [2.75, 3.05) is 11.9 Å². The third-order valence-electron chi connectivity index (χ3n) is 4.71. The minimum atomic E-state index is -0.940. The lowest BCUT2D eigenvalue weighted by Crippen LogP contribution is -2.07. The molecule has 0 bridgehead atoms. The lowest BCUT2D eigenvalue weighted by atomic mass is 10.1. The van der Waals surface area contributed by atoms with Crippen molar-refractivity contribution in [3.8, 4) is 11.5 Å². The average Bonchev–Trinajstić information content (AvgIpc) is 2.73. The Morgan fingerprint density at radius 2 is 1.84 bits per heavy atom. The topological polar surface area (TPSA) is 67.8 Å². The summed E-state index contributed by atoms with van der Waals surface area (Å²) >= 11 is 9.54. The summed E-state index contributed by atoms with van der Waals surface area (Å²) < 4.78 is 12.6. The average molecular weight is 505 g/mol. The molecule has 0 aliphatic carbocycles. The van der Waals surface area contributed by atoms with Gasteiger partial charge in [0.05, 0.1) is 16.6 Å². The van der Waals surface area contributed by atoms with Crippen molar-refractivity contribution in [2.45, 2.75) is 27.0 Å². The van der Waals surface area contributed by atoms with Gasteiger partial charge < -0.3 is 19.9 Å². The number of carbonyl (C=O) groups is 1. The predicted molar refractivity (Wildman–Crippen MR) is 127 cm³/mol. The normalized spacial score (nSPS) is 10.6. The highest BCUT2D eigenvalue weighted by Crippen LogP contribution is 2.38. The molecular weight excluding hydrogens is 482 g/mol. The molecule has 0 aliphatic heterocycles. The van der Waals surface area contributed by atoms with Crippen molar-refractivity contribution in [1.29, 1.82) is 0 Å². The van der Waals surface area contributed by atoms with E-state index in [-0.39, 0.29) is 5.56 Å². The molecule has 3 aromatic carbocycles. The Kier molecular flexibility index (Phi) is 7.82. The summed E-state index contributed by atoms with van der Waals surface area (Å²) in [6, 6.07) is 16.6. The van der Waals surface area contributed by atoms with Gasteiger partial charge in [-0.05, 0) is 82.9 Å². The van der Waals surface area contributed by atoms with Gasteiger partial charge in [0.25, 0.3) is 0 Å². The van der Waals surface area contributed by atoms with Gasteiger partial charge in [-0.2, -0.15) is 0 Å². The van der Waals surface area contributed by atoms with Crippen LogP contribution in [-0.4, -0.2) is 17.7 Å². The highest BCUT2D eigenvalue weighted by atomic mass is 79.9. The number of ether oxygens (including phenoxy) is 2. The van der Waals surface area contributed by atoms with Crippen LogP contribution < -0.4 is 14.8 Å². The van der Waals surface area contributed by atoms with E-state index in [4.69, 9.17) is 21.1 Å². The second-order valence-electron chi connectivity index (χ2n) is 6.89. The van der Waals surface area contributed by atoms with E-state index in [1.807, 2.05) is 49.4 Å². The van der Waals surface area contributed by atoms with Crippen LogP contribution in [-0.2, 0) is 13.2 Å². The summed E-state index contributed by atoms with van der Waals surface area (Å²) in [5.74, 6) is 0.327. The molecule has 2 N–H and O–H groups in total. The van der Waals surface area contributed by atoms with Crippen molar-refractivity contribution >= 4 is 39.2 Å². The second-order valence-corrected chi connectivity index (χ2v) is 8.18. The van der Waals surface area contributed by atoms with E-state index in [0.29, 0.717) is 41.8 Å². The van der Waals surface area contributed by atoms with Crippen LogP contribution in [0.25, 0.3) is 0 Å². The summed E-state index contributed by atoms with van der Waals surface area (Å²) in [5.41, 5.74) is 3.72. The van der Waals surface area contributed by atoms with Crippen LogP contribution in [0.3, 0.4) is 0 Å². The van der Waals surface area contributed by atoms with Crippen LogP contribution in [0.1, 0.15) is 34.0 Å². The molecule has 5 nitrogen and oxygen atoms in total. The standard InChI is InChI=1S/C24H23BrClNO4/c1-3-30-22-12-17(13-27-21-6-4-5-19(15(21)2)24(28)29)11-20(25)23(22)31-14-16-7-9-18(26)10-8-16/h4-12,27H,3,13-14H2,1-2H3,(H,28,29). The van der Waals surface area contributed by atoms with E-state index in [9.17, 15) is 9.90 Å². The van der Waals surface area contributed by atoms with E-state index in [1.165, 1.54) is 0 Å². The lowest BCUT2D eigenvalue weighted by Gasteiger charge is -2.17. The highest BCUT2D eigenvalue weighted by molar-refractivity contribution is 9.10. The molecule has 0 atom stereocenters. The van der Waals surface area contributed by atoms with Crippen LogP contribution in [0.5, 0.6) is 11.5 Å². The van der Waals surface area contributed by atoms with Crippen LogP contribution >= 0.6 is 27.5 Å². The van der Waals surface area contributed by atoms with Crippen LogP contribution in [0.15, 0.2) is 59.1 Å². The smallest absolute Gasteiger partial charge is 0.336 e. The van der Waals surface area contributed by atoms with Gasteiger partial charge >= 0.3 is 5.97 Å². The van der Waals surface area contributed by atoms with Crippen molar-refractivity contribution in [3.05, 3.63) is 86.3 Å². The molecule has 0 saturated carbocycles. The van der Waals surface area contributed by atoms with E-state index in [2.05, 4.69) is 21.2 Å². The Labute approximate surface area is 195 Å². The zero-order valence-electron chi connectivity index (χ0n) is 17.2. The number of aromatic carboxylic acids is 1. The van der Waals surface area contributed by atoms with Crippen molar-refractivity contribution in [2.24, 2.45) is 0 Å². The molecule has 0 saturated heterocycles. The number of benzene rings is 3.